The van der Waals surface area contributed by atoms with E-state index in [1.54, 1.807) is 0 Å². The second-order valence-electron chi connectivity index (χ2n) is 1.82. The molecule has 2 nitrogen and oxygen atoms in total. The van der Waals surface area contributed by atoms with Crippen molar-refractivity contribution in [1.82, 2.24) is 5.32 Å². The Morgan fingerprint density at radius 3 is 1.92 bits per heavy atom. The Kier molecular flexibility index (Phi) is 51.0. The van der Waals surface area contributed by atoms with Gasteiger partial charge >= 0.3 is 0 Å². The van der Waals surface area contributed by atoms with Gasteiger partial charge in [-0.15, -0.1) is 0 Å². The average molecular weight is 191 g/mol. The van der Waals surface area contributed by atoms with Crippen LogP contribution in [0.25, 0.3) is 0 Å². The van der Waals surface area contributed by atoms with Crippen molar-refractivity contribution in [2.24, 2.45) is 0 Å². The van der Waals surface area contributed by atoms with Crippen LogP contribution in [-0.2, 0) is 4.79 Å². The molecular weight excluding hydrogens is 162 g/mol. The summed E-state index contributed by atoms with van der Waals surface area (Å²) in [6.07, 6.45) is 5.00. The molecule has 1 N–H and O–H groups in total. The molecule has 0 bridgehead atoms. The van der Waals surface area contributed by atoms with Crippen molar-refractivity contribution >= 4 is 5.91 Å². The fraction of sp³-hybridized carbons (Fsp3) is 0.727. The van der Waals surface area contributed by atoms with Crippen LogP contribution in [0.15, 0.2) is 12.2 Å². The molecule has 0 aliphatic rings. The standard InChI is InChI=1S/C7H13NO.4CH4/c1-3-4-5-6-8-7(2)9;;;;/h4-5H,3,6H2,1-2H3,(H,8,9);4*1H4. The lowest BCUT2D eigenvalue weighted by molar-refractivity contribution is -0.118. The predicted molar refractivity (Wildman–Crippen MR) is 65.0 cm³/mol. The minimum Gasteiger partial charge on any atom is -0.353 e. The van der Waals surface area contributed by atoms with Gasteiger partial charge in [0, 0.05) is 13.5 Å². The minimum absolute atomic E-state index is 0. The first-order valence-corrected chi connectivity index (χ1v) is 3.16. The normalized spacial score (nSPS) is 6.92. The van der Waals surface area contributed by atoms with Gasteiger partial charge < -0.3 is 5.32 Å². The number of amides is 1. The number of nitrogens with one attached hydrogen (secondary N) is 1. The van der Waals surface area contributed by atoms with Crippen LogP contribution in [0.4, 0.5) is 0 Å². The maximum Gasteiger partial charge on any atom is 0.217 e. The van der Waals surface area contributed by atoms with Crippen LogP contribution >= 0.6 is 0 Å². The number of carbonyl (C=O) groups is 1. The molecule has 0 aromatic heterocycles. The van der Waals surface area contributed by atoms with E-state index in [0.29, 0.717) is 6.54 Å². The number of rotatable bonds is 3. The van der Waals surface area contributed by atoms with Gasteiger partial charge in [-0.1, -0.05) is 48.8 Å². The van der Waals surface area contributed by atoms with Gasteiger partial charge in [0.25, 0.3) is 0 Å². The Morgan fingerprint density at radius 2 is 1.62 bits per heavy atom. The fourth-order valence-electron chi connectivity index (χ4n) is 0.453. The summed E-state index contributed by atoms with van der Waals surface area (Å²) >= 11 is 0. The number of hydrogen-bond donors (Lipinski definition) is 1. The largest absolute Gasteiger partial charge is 0.353 e. The van der Waals surface area contributed by atoms with Crippen LogP contribution in [0.3, 0.4) is 0 Å². The van der Waals surface area contributed by atoms with Crippen molar-refractivity contribution in [2.75, 3.05) is 6.54 Å². The monoisotopic (exact) mass is 191 g/mol. The van der Waals surface area contributed by atoms with E-state index in [1.807, 2.05) is 12.2 Å². The van der Waals surface area contributed by atoms with Gasteiger partial charge in [-0.05, 0) is 6.42 Å². The summed E-state index contributed by atoms with van der Waals surface area (Å²) in [7, 11) is 0. The molecule has 1 amide bonds. The summed E-state index contributed by atoms with van der Waals surface area (Å²) in [6, 6.07) is 0. The van der Waals surface area contributed by atoms with Crippen LogP contribution in [0.5, 0.6) is 0 Å². The summed E-state index contributed by atoms with van der Waals surface area (Å²) in [6.45, 7) is 4.23. The minimum atomic E-state index is 0. The fourth-order valence-corrected chi connectivity index (χ4v) is 0.453. The third-order valence-corrected chi connectivity index (χ3v) is 0.871. The van der Waals surface area contributed by atoms with Crippen LogP contribution in [-0.4, -0.2) is 12.5 Å². The Hall–Kier alpha value is -0.790. The zero-order valence-electron chi connectivity index (χ0n) is 5.98. The van der Waals surface area contributed by atoms with Gasteiger partial charge in [0.2, 0.25) is 5.91 Å². The van der Waals surface area contributed by atoms with E-state index in [0.717, 1.165) is 6.42 Å². The molecule has 0 unspecified atom stereocenters. The molecule has 0 fully saturated rings. The van der Waals surface area contributed by atoms with Gasteiger partial charge in [-0.3, -0.25) is 4.79 Å². The molecule has 0 saturated carbocycles. The van der Waals surface area contributed by atoms with E-state index in [9.17, 15) is 4.79 Å². The molecule has 0 saturated heterocycles. The molecule has 0 aliphatic carbocycles. The summed E-state index contributed by atoms with van der Waals surface area (Å²) in [4.78, 5) is 10.3. The van der Waals surface area contributed by atoms with Gasteiger partial charge in [0.1, 0.15) is 0 Å². The summed E-state index contributed by atoms with van der Waals surface area (Å²) in [5.74, 6) is 0.0238. The summed E-state index contributed by atoms with van der Waals surface area (Å²) < 4.78 is 0. The lowest BCUT2D eigenvalue weighted by atomic mass is 10.4. The van der Waals surface area contributed by atoms with E-state index < -0.39 is 0 Å². The highest BCUT2D eigenvalue weighted by molar-refractivity contribution is 5.72. The van der Waals surface area contributed by atoms with Crippen molar-refractivity contribution in [2.45, 2.75) is 50.0 Å². The van der Waals surface area contributed by atoms with Gasteiger partial charge in [0.15, 0.2) is 0 Å². The van der Waals surface area contributed by atoms with Crippen LogP contribution in [0.1, 0.15) is 50.0 Å². The van der Waals surface area contributed by atoms with E-state index in [2.05, 4.69) is 12.2 Å². The molecule has 0 aromatic carbocycles. The SMILES string of the molecule is C.C.C.C.CCC=CCNC(C)=O. The second-order valence-corrected chi connectivity index (χ2v) is 1.82. The zero-order chi connectivity index (χ0) is 7.11. The predicted octanol–water partition coefficient (Wildman–Crippen LogP) is 3.63. The molecule has 84 valence electrons. The van der Waals surface area contributed by atoms with Gasteiger partial charge in [0.05, 0.1) is 0 Å². The first-order chi connectivity index (χ1) is 4.27. The third kappa shape index (κ3) is 35.0. The van der Waals surface area contributed by atoms with Crippen molar-refractivity contribution < 1.29 is 4.79 Å². The van der Waals surface area contributed by atoms with Gasteiger partial charge in [-0.25, -0.2) is 0 Å². The van der Waals surface area contributed by atoms with Crippen molar-refractivity contribution in [1.29, 1.82) is 0 Å². The van der Waals surface area contributed by atoms with Crippen molar-refractivity contribution in [3.63, 3.8) is 0 Å². The average Bonchev–Trinajstić information content (AvgIpc) is 1.80. The van der Waals surface area contributed by atoms with Crippen molar-refractivity contribution in [3.05, 3.63) is 12.2 Å². The first-order valence-electron chi connectivity index (χ1n) is 3.16. The Morgan fingerprint density at radius 1 is 1.15 bits per heavy atom. The first kappa shape index (κ1) is 29.5. The van der Waals surface area contributed by atoms with E-state index in [-0.39, 0.29) is 35.6 Å². The molecule has 0 radical (unpaired) electrons. The quantitative estimate of drug-likeness (QED) is 0.678. The number of allylic oxidation sites excluding steroid dienone is 1. The molecule has 0 rings (SSSR count). The Labute approximate surface area is 85.4 Å². The molecule has 0 spiro atoms. The molecule has 2 heteroatoms. The molecule has 0 aromatic rings. The maximum atomic E-state index is 10.3. The number of carbonyl (C=O) groups excluding carboxylic acids is 1. The number of hydrogen-bond acceptors (Lipinski definition) is 1. The second kappa shape index (κ2) is 22.5. The molecular formula is C11H29NO. The van der Waals surface area contributed by atoms with E-state index in [4.69, 9.17) is 0 Å². The van der Waals surface area contributed by atoms with Crippen molar-refractivity contribution in [3.8, 4) is 0 Å². The third-order valence-electron chi connectivity index (χ3n) is 0.871. The highest BCUT2D eigenvalue weighted by atomic mass is 16.1. The lowest BCUT2D eigenvalue weighted by Gasteiger charge is -1.92. The van der Waals surface area contributed by atoms with E-state index in [1.165, 1.54) is 6.92 Å². The van der Waals surface area contributed by atoms with E-state index >= 15 is 0 Å². The lowest BCUT2D eigenvalue weighted by Crippen LogP contribution is -2.19. The summed E-state index contributed by atoms with van der Waals surface area (Å²) in [5.41, 5.74) is 0. The topological polar surface area (TPSA) is 29.1 Å². The Balaban J connectivity index is -0.0000000533. The van der Waals surface area contributed by atoms with Crippen LogP contribution in [0, 0.1) is 0 Å². The zero-order valence-corrected chi connectivity index (χ0v) is 5.98. The molecule has 0 aliphatic heterocycles. The Bertz CT molecular complexity index is 109. The highest BCUT2D eigenvalue weighted by Gasteiger charge is 1.82. The summed E-state index contributed by atoms with van der Waals surface area (Å²) in [5, 5.41) is 2.65. The van der Waals surface area contributed by atoms with Crippen LogP contribution < -0.4 is 5.32 Å². The maximum absolute atomic E-state index is 10.3. The molecule has 0 atom stereocenters. The molecule has 0 heterocycles. The smallest absolute Gasteiger partial charge is 0.217 e. The van der Waals surface area contributed by atoms with Gasteiger partial charge in [-0.2, -0.15) is 0 Å². The van der Waals surface area contributed by atoms with Crippen LogP contribution in [0.2, 0.25) is 0 Å². The highest BCUT2D eigenvalue weighted by Crippen LogP contribution is 1.76. The molecule has 13 heavy (non-hydrogen) atoms.